The second kappa shape index (κ2) is 2.19. The van der Waals surface area contributed by atoms with Gasteiger partial charge in [-0.1, -0.05) is 0 Å². The van der Waals surface area contributed by atoms with Gasteiger partial charge in [0, 0.05) is 0 Å². The van der Waals surface area contributed by atoms with Crippen LogP contribution in [-0.2, 0) is 26.1 Å². The van der Waals surface area contributed by atoms with Gasteiger partial charge in [-0.15, -0.1) is 0 Å². The molecular weight excluding hydrogens is 237 g/mol. The van der Waals surface area contributed by atoms with Gasteiger partial charge < -0.3 is 0 Å². The molecule has 0 radical (unpaired) electrons. The van der Waals surface area contributed by atoms with E-state index < -0.39 is 0 Å². The molecule has 0 aliphatic rings. The Morgan fingerprint density at radius 3 is 1.50 bits per heavy atom. The summed E-state index contributed by atoms with van der Waals surface area (Å²) in [5, 5.41) is 0. The molecule has 0 aromatic carbocycles. The molecule has 0 fully saturated rings. The molecule has 20 valence electrons. The predicted molar refractivity (Wildman–Crippen MR) is 15.1 cm³/mol. The van der Waals surface area contributed by atoms with E-state index in [4.69, 9.17) is 0 Å². The van der Waals surface area contributed by atoms with Crippen LogP contribution in [-0.4, -0.2) is 0 Å². The Kier molecular flexibility index (Phi) is 2.70. The van der Waals surface area contributed by atoms with Crippen molar-refractivity contribution in [2.24, 2.45) is 0 Å². The molecule has 0 rings (SSSR count). The van der Waals surface area contributed by atoms with E-state index >= 15 is 0 Å². The summed E-state index contributed by atoms with van der Waals surface area (Å²) in [5.74, 6) is 0. The first kappa shape index (κ1) is 4.94. The average Bonchev–Trinajstić information content (AvgIpc) is 0.811. The van der Waals surface area contributed by atoms with Crippen LogP contribution < -0.4 is 0 Å². The van der Waals surface area contributed by atoms with Crippen LogP contribution in [0.2, 0.25) is 3.43 Å². The van der Waals surface area contributed by atoms with E-state index in [0.29, 0.717) is 0 Å². The topological polar surface area (TPSA) is 0 Å². The number of hydrogen-bond donors (Lipinski definition) is 0. The molecule has 0 nitrogen and oxygen atoms in total. The number of rotatable bonds is 0. The van der Waals surface area contributed by atoms with Crippen molar-refractivity contribution in [2.45, 2.75) is 17.3 Å². The second-order valence-corrected chi connectivity index (χ2v) is 7.74. The fourth-order valence-electron chi connectivity index (χ4n) is 0. The van der Waals surface area contributed by atoms with Crippen LogP contribution in [0.5, 0.6) is 0 Å². The third-order valence-corrected chi connectivity index (χ3v) is 0. The Labute approximate surface area is 43.6 Å². The van der Waals surface area contributed by atoms with Gasteiger partial charge >= 0.3 is 43.4 Å². The minimum atomic E-state index is 1.02. The zero-order valence-corrected chi connectivity index (χ0v) is 8.78. The number of hydrogen-bond acceptors (Lipinski definition) is 0. The van der Waals surface area contributed by atoms with Crippen LogP contribution in [0.25, 0.3) is 0 Å². The van der Waals surface area contributed by atoms with Crippen molar-refractivity contribution in [1.82, 2.24) is 0 Å². The summed E-state index contributed by atoms with van der Waals surface area (Å²) in [7, 11) is 0. The predicted octanol–water partition coefficient (Wildman–Crippen LogP) is 1.36. The molecule has 0 atom stereocenters. The van der Waals surface area contributed by atoms with E-state index in [2.05, 4.69) is 13.8 Å². The monoisotopic (exact) mass is 245 g/mol. The maximum atomic E-state index is 2.25. The van der Waals surface area contributed by atoms with Crippen LogP contribution >= 0.6 is 0 Å². The third-order valence-electron chi connectivity index (χ3n) is 0. The quantitative estimate of drug-likeness (QED) is 0.564. The Morgan fingerprint density at radius 2 is 1.50 bits per heavy atom. The van der Waals surface area contributed by atoms with E-state index in [1.54, 1.807) is 0 Å². The van der Waals surface area contributed by atoms with E-state index in [0.717, 1.165) is 29.5 Å². The molecule has 0 aliphatic heterocycles. The van der Waals surface area contributed by atoms with E-state index in [1.165, 1.54) is 0 Å². The summed E-state index contributed by atoms with van der Waals surface area (Å²) >= 11 is 1.02. The zero-order valence-electron chi connectivity index (χ0n) is 3.28. The minimum absolute atomic E-state index is 1.02. The Bertz CT molecular complexity index is 8.00. The standard InChI is InChI=1S/C3H7.Hg/c1-3-2;/h3H,1-2H3;/q;+1. The summed E-state index contributed by atoms with van der Waals surface area (Å²) in [4.78, 5) is 0. The first-order chi connectivity index (χ1) is 1.73. The van der Waals surface area contributed by atoms with Gasteiger partial charge in [0.05, 0.1) is 0 Å². The zero-order chi connectivity index (χ0) is 3.58. The summed E-state index contributed by atoms with van der Waals surface area (Å²) in [5.41, 5.74) is 0. The van der Waals surface area contributed by atoms with Gasteiger partial charge in [0.15, 0.2) is 0 Å². The van der Waals surface area contributed by atoms with Crippen molar-refractivity contribution in [3.63, 3.8) is 0 Å². The van der Waals surface area contributed by atoms with E-state index in [1.807, 2.05) is 0 Å². The van der Waals surface area contributed by atoms with Gasteiger partial charge in [-0.25, -0.2) is 0 Å². The van der Waals surface area contributed by atoms with Crippen LogP contribution in [0, 0.1) is 0 Å². The molecule has 0 saturated carbocycles. The van der Waals surface area contributed by atoms with Gasteiger partial charge in [0.2, 0.25) is 0 Å². The molecule has 0 aromatic rings. The first-order valence-electron chi connectivity index (χ1n) is 1.56. The molecule has 0 saturated heterocycles. The van der Waals surface area contributed by atoms with E-state index in [-0.39, 0.29) is 0 Å². The van der Waals surface area contributed by atoms with Gasteiger partial charge in [0.25, 0.3) is 0 Å². The molecule has 0 amide bonds. The summed E-state index contributed by atoms with van der Waals surface area (Å²) in [6.07, 6.45) is 0. The van der Waals surface area contributed by atoms with Crippen LogP contribution in [0.3, 0.4) is 0 Å². The molecule has 0 N–H and O–H groups in total. The fraction of sp³-hybridized carbons (Fsp3) is 1.00. The van der Waals surface area contributed by atoms with Crippen molar-refractivity contribution in [2.75, 3.05) is 0 Å². The Hall–Kier alpha value is 0.935. The summed E-state index contributed by atoms with van der Waals surface area (Å²) < 4.78 is 1.03. The van der Waals surface area contributed by atoms with Crippen molar-refractivity contribution in [3.8, 4) is 0 Å². The molecule has 0 unspecified atom stereocenters. The molecule has 1 heteroatoms. The van der Waals surface area contributed by atoms with Gasteiger partial charge in [-0.2, -0.15) is 0 Å². The van der Waals surface area contributed by atoms with Crippen molar-refractivity contribution in [3.05, 3.63) is 0 Å². The molecule has 0 spiro atoms. The van der Waals surface area contributed by atoms with Crippen molar-refractivity contribution in [1.29, 1.82) is 0 Å². The van der Waals surface area contributed by atoms with Gasteiger partial charge in [-0.3, -0.25) is 0 Å². The maximum absolute atomic E-state index is 2.25. The Morgan fingerprint density at radius 1 is 1.50 bits per heavy atom. The Balaban J connectivity index is 2.32. The molecule has 0 bridgehead atoms. The van der Waals surface area contributed by atoms with Crippen LogP contribution in [0.15, 0.2) is 0 Å². The summed E-state index contributed by atoms with van der Waals surface area (Å²) in [6, 6.07) is 0. The SMILES string of the molecule is C[CH](C)[Hg+]. The molecule has 4 heavy (non-hydrogen) atoms. The van der Waals surface area contributed by atoms with Crippen LogP contribution in [0.1, 0.15) is 13.8 Å². The summed E-state index contributed by atoms with van der Waals surface area (Å²) in [6.45, 7) is 4.51. The normalized spacial score (nSPS) is 9.25. The third kappa shape index (κ3) is 12.6. The van der Waals surface area contributed by atoms with Crippen molar-refractivity contribution >= 4 is 0 Å². The van der Waals surface area contributed by atoms with Crippen molar-refractivity contribution < 1.29 is 26.1 Å². The molecule has 0 aliphatic carbocycles. The first-order valence-corrected chi connectivity index (χ1v) is 4.74. The molecule has 0 heterocycles. The molecule has 0 aromatic heterocycles. The molecular formula is C3H7Hg+. The second-order valence-electron chi connectivity index (χ2n) is 1.39. The fourth-order valence-corrected chi connectivity index (χ4v) is 0. The van der Waals surface area contributed by atoms with E-state index in [9.17, 15) is 0 Å². The van der Waals surface area contributed by atoms with Gasteiger partial charge in [0.1, 0.15) is 0 Å². The average molecular weight is 244 g/mol. The van der Waals surface area contributed by atoms with Gasteiger partial charge in [-0.05, 0) is 0 Å². The van der Waals surface area contributed by atoms with Crippen LogP contribution in [0.4, 0.5) is 0 Å².